The van der Waals surface area contributed by atoms with Crippen molar-refractivity contribution in [1.29, 1.82) is 0 Å². The summed E-state index contributed by atoms with van der Waals surface area (Å²) in [5.41, 5.74) is 0. The highest BCUT2D eigenvalue weighted by atomic mass is 32.3. The van der Waals surface area contributed by atoms with Gasteiger partial charge in [0.25, 0.3) is 0 Å². The minimum Gasteiger partial charge on any atom is -0.261 e. The maximum absolute atomic E-state index is 12.8. The van der Waals surface area contributed by atoms with Gasteiger partial charge < -0.3 is 0 Å². The van der Waals surface area contributed by atoms with Crippen molar-refractivity contribution in [3.8, 4) is 0 Å². The third-order valence-electron chi connectivity index (χ3n) is 1.92. The highest BCUT2D eigenvalue weighted by Gasteiger charge is 2.83. The molecular formula is C6F12O4S. The van der Waals surface area contributed by atoms with Crippen LogP contribution in [-0.2, 0) is 19.8 Å². The van der Waals surface area contributed by atoms with Crippen LogP contribution in [0.4, 0.5) is 52.2 Å². The quantitative estimate of drug-likeness (QED) is 0.512. The van der Waals surface area contributed by atoms with E-state index in [2.05, 4.69) is 0 Å². The molecule has 1 unspecified atom stereocenters. The fourth-order valence-corrected chi connectivity index (χ4v) is 1.20. The van der Waals surface area contributed by atoms with E-state index in [9.17, 15) is 65.4 Å². The first-order chi connectivity index (χ1) is 9.65. The van der Waals surface area contributed by atoms with E-state index in [0.717, 1.165) is 0 Å². The van der Waals surface area contributed by atoms with Crippen molar-refractivity contribution in [3.05, 3.63) is 0 Å². The molecule has 0 aliphatic heterocycles. The molecule has 23 heavy (non-hydrogen) atoms. The molecule has 0 aromatic heterocycles. The zero-order chi connectivity index (χ0) is 19.3. The fourth-order valence-electron chi connectivity index (χ4n) is 0.773. The zero-order valence-electron chi connectivity index (χ0n) is 9.58. The number of ether oxygens (including phenoxy) is 1. The molecule has 0 N–H and O–H groups in total. The van der Waals surface area contributed by atoms with E-state index >= 15 is 0 Å². The Labute approximate surface area is 117 Å². The molecule has 0 rings (SSSR count). The molecule has 0 fully saturated rings. The maximum Gasteiger partial charge on any atom is 0.459 e. The summed E-state index contributed by atoms with van der Waals surface area (Å²) >= 11 is 0. The number of hydrogen-bond donors (Lipinski definition) is 0. The lowest BCUT2D eigenvalue weighted by atomic mass is 10.2. The van der Waals surface area contributed by atoms with E-state index in [1.54, 1.807) is 0 Å². The first-order valence-corrected chi connectivity index (χ1v) is 5.77. The normalized spacial score (nSPS) is 17.7. The number of hydrogen-bond acceptors (Lipinski definition) is 4. The van der Waals surface area contributed by atoms with Crippen molar-refractivity contribution < 1.29 is 70.1 Å². The van der Waals surface area contributed by atoms with Crippen LogP contribution in [0.2, 0.25) is 0 Å². The molecule has 0 saturated carbocycles. The molecule has 138 valence electrons. The SMILES string of the molecule is O=C(F)C(F)(OC(F)(F)C(F)(F)C(F)(F)S(=O)(=O)F)C(F)(F)F. The average Bonchev–Trinajstić information content (AvgIpc) is 2.24. The number of halogens is 12. The first kappa shape index (κ1) is 21.7. The summed E-state index contributed by atoms with van der Waals surface area (Å²) in [6.45, 7) is 0. The molecule has 0 aromatic carbocycles. The van der Waals surface area contributed by atoms with E-state index in [-0.39, 0.29) is 0 Å². The lowest BCUT2D eigenvalue weighted by Crippen LogP contribution is -2.63. The smallest absolute Gasteiger partial charge is 0.261 e. The average molecular weight is 396 g/mol. The van der Waals surface area contributed by atoms with Crippen LogP contribution >= 0.6 is 0 Å². The van der Waals surface area contributed by atoms with Crippen LogP contribution < -0.4 is 0 Å². The van der Waals surface area contributed by atoms with E-state index < -0.39 is 45.6 Å². The predicted octanol–water partition coefficient (Wildman–Crippen LogP) is 2.85. The Hall–Kier alpha value is -1.26. The Bertz CT molecular complexity index is 579. The second kappa shape index (κ2) is 5.38. The molecule has 0 aromatic rings. The summed E-state index contributed by atoms with van der Waals surface area (Å²) in [7, 11) is -7.88. The predicted molar refractivity (Wildman–Crippen MR) is 42.0 cm³/mol. The molecule has 0 aliphatic carbocycles. The molecule has 0 aliphatic rings. The van der Waals surface area contributed by atoms with Crippen molar-refractivity contribution in [3.63, 3.8) is 0 Å². The minimum atomic E-state index is -7.88. The van der Waals surface area contributed by atoms with Crippen LogP contribution in [0.1, 0.15) is 0 Å². The van der Waals surface area contributed by atoms with Crippen molar-refractivity contribution >= 4 is 16.3 Å². The lowest BCUT2D eigenvalue weighted by molar-refractivity contribution is -0.453. The molecule has 0 spiro atoms. The third-order valence-corrected chi connectivity index (χ3v) is 2.79. The zero-order valence-corrected chi connectivity index (χ0v) is 10.4. The second-order valence-electron chi connectivity index (χ2n) is 3.51. The molecule has 0 radical (unpaired) electrons. The van der Waals surface area contributed by atoms with Crippen molar-refractivity contribution in [2.75, 3.05) is 0 Å². The number of carbonyl (C=O) groups excluding carboxylic acids is 1. The van der Waals surface area contributed by atoms with Gasteiger partial charge in [0.05, 0.1) is 0 Å². The maximum atomic E-state index is 12.8. The van der Waals surface area contributed by atoms with Gasteiger partial charge in [0, 0.05) is 0 Å². The van der Waals surface area contributed by atoms with E-state index in [4.69, 9.17) is 0 Å². The second-order valence-corrected chi connectivity index (χ2v) is 4.90. The summed E-state index contributed by atoms with van der Waals surface area (Å²) in [5.74, 6) is -14.5. The lowest BCUT2D eigenvalue weighted by Gasteiger charge is -2.33. The topological polar surface area (TPSA) is 60.4 Å². The molecule has 17 heteroatoms. The Morgan fingerprint density at radius 2 is 1.17 bits per heavy atom. The largest absolute Gasteiger partial charge is 0.459 e. The third kappa shape index (κ3) is 3.33. The van der Waals surface area contributed by atoms with E-state index in [1.807, 2.05) is 0 Å². The van der Waals surface area contributed by atoms with Crippen LogP contribution in [0, 0.1) is 0 Å². The molecule has 0 heterocycles. The molecule has 4 nitrogen and oxygen atoms in total. The number of rotatable bonds is 6. The van der Waals surface area contributed by atoms with Gasteiger partial charge in [0.1, 0.15) is 0 Å². The van der Waals surface area contributed by atoms with Gasteiger partial charge in [0.2, 0.25) is 0 Å². The fraction of sp³-hybridized carbons (Fsp3) is 0.833. The summed E-state index contributed by atoms with van der Waals surface area (Å²) in [5, 5.41) is -7.42. The van der Waals surface area contributed by atoms with Gasteiger partial charge in [-0.25, -0.2) is 0 Å². The molecule has 0 saturated heterocycles. The van der Waals surface area contributed by atoms with Gasteiger partial charge >= 0.3 is 45.6 Å². The van der Waals surface area contributed by atoms with Crippen LogP contribution in [0.25, 0.3) is 0 Å². The minimum absolute atomic E-state index is 1.49. The Morgan fingerprint density at radius 1 is 0.826 bits per heavy atom. The summed E-state index contributed by atoms with van der Waals surface area (Å²) in [4.78, 5) is 9.72. The molecular weight excluding hydrogens is 396 g/mol. The molecule has 0 amide bonds. The standard InChI is InChI=1S/C6F12O4S/c7-1(19)2(8,4(11,12)13)22-5(14,15)3(9,10)6(16,17)23(18,20)21. The highest BCUT2D eigenvalue weighted by molar-refractivity contribution is 7.87. The van der Waals surface area contributed by atoms with E-state index in [1.165, 1.54) is 4.74 Å². The monoisotopic (exact) mass is 396 g/mol. The molecule has 1 atom stereocenters. The van der Waals surface area contributed by atoms with Gasteiger partial charge in [-0.2, -0.15) is 56.7 Å². The number of alkyl halides is 10. The van der Waals surface area contributed by atoms with Crippen LogP contribution in [-0.4, -0.2) is 43.8 Å². The Balaban J connectivity index is 6.15. The van der Waals surface area contributed by atoms with Gasteiger partial charge in [-0.05, 0) is 0 Å². The molecule has 0 bridgehead atoms. The highest BCUT2D eigenvalue weighted by Crippen LogP contribution is 2.52. The van der Waals surface area contributed by atoms with Gasteiger partial charge in [-0.1, -0.05) is 3.89 Å². The van der Waals surface area contributed by atoms with Crippen LogP contribution in [0.15, 0.2) is 0 Å². The first-order valence-electron chi connectivity index (χ1n) is 4.38. The van der Waals surface area contributed by atoms with Crippen molar-refractivity contribution in [1.82, 2.24) is 0 Å². The van der Waals surface area contributed by atoms with Gasteiger partial charge in [0.15, 0.2) is 0 Å². The van der Waals surface area contributed by atoms with Crippen LogP contribution in [0.5, 0.6) is 0 Å². The van der Waals surface area contributed by atoms with Gasteiger partial charge in [-0.15, -0.1) is 0 Å². The Morgan fingerprint density at radius 3 is 1.39 bits per heavy atom. The summed E-state index contributed by atoms with van der Waals surface area (Å²) in [6.07, 6.45) is -14.6. The van der Waals surface area contributed by atoms with Crippen molar-refractivity contribution in [2.24, 2.45) is 0 Å². The van der Waals surface area contributed by atoms with E-state index in [0.29, 0.717) is 0 Å². The van der Waals surface area contributed by atoms with Crippen molar-refractivity contribution in [2.45, 2.75) is 29.3 Å². The number of carbonyl (C=O) groups is 1. The van der Waals surface area contributed by atoms with Crippen LogP contribution in [0.3, 0.4) is 0 Å². The Kier molecular flexibility index (Phi) is 5.09. The summed E-state index contributed by atoms with van der Waals surface area (Å²) < 4.78 is 169. The van der Waals surface area contributed by atoms with Gasteiger partial charge in [-0.3, -0.25) is 9.53 Å². The summed E-state index contributed by atoms with van der Waals surface area (Å²) in [6, 6.07) is -4.51.